The van der Waals surface area contributed by atoms with Gasteiger partial charge in [-0.15, -0.1) is 0 Å². The van der Waals surface area contributed by atoms with Crippen LogP contribution in [0, 0.1) is 0 Å². The smallest absolute Gasteiger partial charge is 0.221 e. The van der Waals surface area contributed by atoms with Crippen LogP contribution in [0.3, 0.4) is 0 Å². The lowest BCUT2D eigenvalue weighted by Gasteiger charge is -2.27. The maximum absolute atomic E-state index is 11.5. The first-order chi connectivity index (χ1) is 15.2. The Labute approximate surface area is 183 Å². The van der Waals surface area contributed by atoms with E-state index in [1.807, 2.05) is 78.9 Å². The number of nitrogens with one attached hydrogen (secondary N) is 1. The molecule has 0 spiro atoms. The summed E-state index contributed by atoms with van der Waals surface area (Å²) in [5, 5.41) is 2.83. The number of nitrogens with zero attached hydrogens (tertiary/aromatic N) is 1. The van der Waals surface area contributed by atoms with Gasteiger partial charge in [0.15, 0.2) is 0 Å². The SMILES string of the molecule is COc1ccc(NC(C)=O)cc1N(CCOc1ccccc1)CCOc1ccccc1. The number of anilines is 2. The summed E-state index contributed by atoms with van der Waals surface area (Å²) in [4.78, 5) is 13.6. The van der Waals surface area contributed by atoms with E-state index < -0.39 is 0 Å². The highest BCUT2D eigenvalue weighted by Crippen LogP contribution is 2.31. The van der Waals surface area contributed by atoms with E-state index in [1.165, 1.54) is 6.92 Å². The fourth-order valence-corrected chi connectivity index (χ4v) is 3.15. The number of benzene rings is 3. The average molecular weight is 421 g/mol. The van der Waals surface area contributed by atoms with Gasteiger partial charge in [0.1, 0.15) is 30.5 Å². The van der Waals surface area contributed by atoms with Gasteiger partial charge in [0.25, 0.3) is 0 Å². The molecular formula is C25H28N2O4. The lowest BCUT2D eigenvalue weighted by molar-refractivity contribution is -0.114. The molecule has 1 N–H and O–H groups in total. The summed E-state index contributed by atoms with van der Waals surface area (Å²) < 4.78 is 17.4. The summed E-state index contributed by atoms with van der Waals surface area (Å²) in [7, 11) is 1.63. The summed E-state index contributed by atoms with van der Waals surface area (Å²) in [6.07, 6.45) is 0. The summed E-state index contributed by atoms with van der Waals surface area (Å²) in [5.74, 6) is 2.24. The third-order valence-corrected chi connectivity index (χ3v) is 4.59. The minimum Gasteiger partial charge on any atom is -0.495 e. The van der Waals surface area contributed by atoms with Crippen molar-refractivity contribution in [1.29, 1.82) is 0 Å². The Morgan fingerprint density at radius 2 is 1.39 bits per heavy atom. The van der Waals surface area contributed by atoms with Gasteiger partial charge in [-0.05, 0) is 42.5 Å². The number of carbonyl (C=O) groups is 1. The molecule has 0 aliphatic carbocycles. The highest BCUT2D eigenvalue weighted by atomic mass is 16.5. The molecule has 0 atom stereocenters. The zero-order chi connectivity index (χ0) is 21.9. The number of ether oxygens (including phenoxy) is 3. The summed E-state index contributed by atoms with van der Waals surface area (Å²) in [6.45, 7) is 3.70. The van der Waals surface area contributed by atoms with Crippen molar-refractivity contribution in [2.45, 2.75) is 6.92 Å². The maximum atomic E-state index is 11.5. The van der Waals surface area contributed by atoms with Gasteiger partial charge < -0.3 is 24.4 Å². The Bertz CT molecular complexity index is 903. The second kappa shape index (κ2) is 11.5. The molecule has 0 fully saturated rings. The Hall–Kier alpha value is -3.67. The van der Waals surface area contributed by atoms with Crippen molar-refractivity contribution in [2.24, 2.45) is 0 Å². The molecule has 0 saturated carbocycles. The van der Waals surface area contributed by atoms with E-state index in [9.17, 15) is 4.79 Å². The zero-order valence-electron chi connectivity index (χ0n) is 17.9. The highest BCUT2D eigenvalue weighted by molar-refractivity contribution is 5.89. The first kappa shape index (κ1) is 22.0. The van der Waals surface area contributed by atoms with E-state index in [0.717, 1.165) is 17.2 Å². The molecule has 0 saturated heterocycles. The molecular weight excluding hydrogens is 392 g/mol. The van der Waals surface area contributed by atoms with Crippen molar-refractivity contribution in [3.8, 4) is 17.2 Å². The molecule has 0 bridgehead atoms. The number of methoxy groups -OCH3 is 1. The minimum atomic E-state index is -0.123. The molecule has 1 amide bonds. The van der Waals surface area contributed by atoms with Gasteiger partial charge in [-0.3, -0.25) is 4.79 Å². The second-order valence-electron chi connectivity index (χ2n) is 6.88. The standard InChI is InChI=1S/C25H28N2O4/c1-20(28)26-21-13-14-25(29-2)24(19-21)27(15-17-30-22-9-5-3-6-10-22)16-18-31-23-11-7-4-8-12-23/h3-14,19H,15-18H2,1-2H3,(H,26,28). The van der Waals surface area contributed by atoms with Crippen molar-refractivity contribution >= 4 is 17.3 Å². The van der Waals surface area contributed by atoms with Crippen molar-refractivity contribution in [3.05, 3.63) is 78.9 Å². The molecule has 3 aromatic carbocycles. The molecule has 162 valence electrons. The number of hydrogen-bond acceptors (Lipinski definition) is 5. The largest absolute Gasteiger partial charge is 0.495 e. The van der Waals surface area contributed by atoms with Crippen LogP contribution in [0.15, 0.2) is 78.9 Å². The van der Waals surface area contributed by atoms with Crippen LogP contribution in [-0.4, -0.2) is 39.3 Å². The van der Waals surface area contributed by atoms with Gasteiger partial charge in [0.05, 0.1) is 25.9 Å². The van der Waals surface area contributed by atoms with Crippen molar-refractivity contribution in [2.75, 3.05) is 43.6 Å². The minimum absolute atomic E-state index is 0.123. The highest BCUT2D eigenvalue weighted by Gasteiger charge is 2.14. The van der Waals surface area contributed by atoms with Crippen LogP contribution in [0.2, 0.25) is 0 Å². The molecule has 6 heteroatoms. The number of para-hydroxylation sites is 2. The van der Waals surface area contributed by atoms with Crippen LogP contribution < -0.4 is 24.4 Å². The first-order valence-corrected chi connectivity index (χ1v) is 10.2. The Kier molecular flexibility index (Phi) is 8.17. The average Bonchev–Trinajstić information content (AvgIpc) is 2.79. The molecule has 3 aromatic rings. The third kappa shape index (κ3) is 6.96. The molecule has 0 aromatic heterocycles. The molecule has 31 heavy (non-hydrogen) atoms. The van der Waals surface area contributed by atoms with Gasteiger partial charge in [-0.2, -0.15) is 0 Å². The van der Waals surface area contributed by atoms with Crippen LogP contribution in [0.5, 0.6) is 17.2 Å². The van der Waals surface area contributed by atoms with Crippen LogP contribution in [-0.2, 0) is 4.79 Å². The summed E-state index contributed by atoms with van der Waals surface area (Å²) in [6, 6.07) is 25.0. The molecule has 0 unspecified atom stereocenters. The number of amides is 1. The third-order valence-electron chi connectivity index (χ3n) is 4.59. The van der Waals surface area contributed by atoms with E-state index in [2.05, 4.69) is 10.2 Å². The molecule has 3 rings (SSSR count). The normalized spacial score (nSPS) is 10.3. The van der Waals surface area contributed by atoms with Crippen molar-refractivity contribution in [3.63, 3.8) is 0 Å². The molecule has 6 nitrogen and oxygen atoms in total. The topological polar surface area (TPSA) is 60.0 Å². The summed E-state index contributed by atoms with van der Waals surface area (Å²) in [5.41, 5.74) is 1.57. The van der Waals surface area contributed by atoms with E-state index in [4.69, 9.17) is 14.2 Å². The van der Waals surface area contributed by atoms with Crippen LogP contribution in [0.1, 0.15) is 6.92 Å². The predicted octanol–water partition coefficient (Wildman–Crippen LogP) is 4.62. The monoisotopic (exact) mass is 420 g/mol. The quantitative estimate of drug-likeness (QED) is 0.491. The van der Waals surface area contributed by atoms with E-state index in [0.29, 0.717) is 37.7 Å². The molecule has 0 aliphatic rings. The maximum Gasteiger partial charge on any atom is 0.221 e. The van der Waals surface area contributed by atoms with E-state index >= 15 is 0 Å². The van der Waals surface area contributed by atoms with Crippen LogP contribution in [0.4, 0.5) is 11.4 Å². The molecule has 0 aliphatic heterocycles. The lowest BCUT2D eigenvalue weighted by atomic mass is 10.2. The van der Waals surface area contributed by atoms with E-state index in [-0.39, 0.29) is 5.91 Å². The second-order valence-corrected chi connectivity index (χ2v) is 6.88. The predicted molar refractivity (Wildman–Crippen MR) is 123 cm³/mol. The van der Waals surface area contributed by atoms with Crippen LogP contribution in [0.25, 0.3) is 0 Å². The Morgan fingerprint density at radius 3 is 1.87 bits per heavy atom. The van der Waals surface area contributed by atoms with Crippen LogP contribution >= 0.6 is 0 Å². The van der Waals surface area contributed by atoms with Gasteiger partial charge in [0, 0.05) is 12.6 Å². The molecule has 0 heterocycles. The van der Waals surface area contributed by atoms with E-state index in [1.54, 1.807) is 7.11 Å². The lowest BCUT2D eigenvalue weighted by Crippen LogP contribution is -2.32. The van der Waals surface area contributed by atoms with Gasteiger partial charge in [-0.25, -0.2) is 0 Å². The van der Waals surface area contributed by atoms with Gasteiger partial charge in [0.2, 0.25) is 5.91 Å². The van der Waals surface area contributed by atoms with Gasteiger partial charge >= 0.3 is 0 Å². The van der Waals surface area contributed by atoms with Crippen molar-refractivity contribution < 1.29 is 19.0 Å². The fourth-order valence-electron chi connectivity index (χ4n) is 3.15. The number of hydrogen-bond donors (Lipinski definition) is 1. The van der Waals surface area contributed by atoms with Crippen molar-refractivity contribution in [1.82, 2.24) is 0 Å². The first-order valence-electron chi connectivity index (χ1n) is 10.2. The Balaban J connectivity index is 1.73. The Morgan fingerprint density at radius 1 is 0.839 bits per heavy atom. The summed E-state index contributed by atoms with van der Waals surface area (Å²) >= 11 is 0. The molecule has 0 radical (unpaired) electrons. The number of carbonyl (C=O) groups excluding carboxylic acids is 1. The zero-order valence-corrected chi connectivity index (χ0v) is 17.9. The fraction of sp³-hybridized carbons (Fsp3) is 0.240. The van der Waals surface area contributed by atoms with Gasteiger partial charge in [-0.1, -0.05) is 36.4 Å². The number of rotatable bonds is 11.